The van der Waals surface area contributed by atoms with Crippen molar-refractivity contribution < 1.29 is 28.2 Å². The number of anilines is 1. The maximum Gasteiger partial charge on any atom is 0.258 e. The van der Waals surface area contributed by atoms with E-state index in [1.165, 1.54) is 24.3 Å². The predicted molar refractivity (Wildman–Crippen MR) is 119 cm³/mol. The van der Waals surface area contributed by atoms with E-state index in [2.05, 4.69) is 10.6 Å². The first kappa shape index (κ1) is 22.7. The standard InChI is InChI=1S/C24H26FN3O5/c1-26-22(29)12-15-8-9-19-21(33-15)13-32-20-10-7-14(11-17(20)24(31)28(19)2)27-23(30)16-5-3-4-6-18(16)25/h3-7,10-11,15,19,21H,8-9,12-13H2,1-2H3,(H,26,29)(H,27,30)/t15-,19-,21+/m0/s1. The summed E-state index contributed by atoms with van der Waals surface area (Å²) in [6.07, 6.45) is 0.998. The normalized spacial score (nSPS) is 22.2. The molecule has 1 saturated heterocycles. The zero-order valence-electron chi connectivity index (χ0n) is 18.5. The van der Waals surface area contributed by atoms with Gasteiger partial charge in [-0.1, -0.05) is 12.1 Å². The zero-order valence-corrected chi connectivity index (χ0v) is 18.5. The molecule has 0 aromatic heterocycles. The SMILES string of the molecule is CNC(=O)C[C@@H]1CC[C@H]2[C@@H](COc3ccc(NC(=O)c4ccccc4F)cc3C(=O)N2C)O1. The molecular formula is C24H26FN3O5. The molecule has 0 saturated carbocycles. The summed E-state index contributed by atoms with van der Waals surface area (Å²) >= 11 is 0. The maximum absolute atomic E-state index is 13.9. The Morgan fingerprint density at radius 3 is 2.73 bits per heavy atom. The van der Waals surface area contributed by atoms with E-state index < -0.39 is 11.7 Å². The van der Waals surface area contributed by atoms with Gasteiger partial charge >= 0.3 is 0 Å². The molecule has 0 spiro atoms. The van der Waals surface area contributed by atoms with Crippen LogP contribution in [0, 0.1) is 5.82 Å². The van der Waals surface area contributed by atoms with Crippen molar-refractivity contribution in [1.29, 1.82) is 0 Å². The fourth-order valence-corrected chi connectivity index (χ4v) is 4.26. The third kappa shape index (κ3) is 4.83. The Balaban J connectivity index is 1.52. The third-order valence-electron chi connectivity index (χ3n) is 6.08. The van der Waals surface area contributed by atoms with Crippen LogP contribution in [0.25, 0.3) is 0 Å². The highest BCUT2D eigenvalue weighted by Crippen LogP contribution is 2.32. The number of ether oxygens (including phenoxy) is 2. The van der Waals surface area contributed by atoms with Crippen LogP contribution in [-0.4, -0.2) is 61.6 Å². The van der Waals surface area contributed by atoms with Crippen molar-refractivity contribution >= 4 is 23.4 Å². The second-order valence-electron chi connectivity index (χ2n) is 8.19. The van der Waals surface area contributed by atoms with Crippen LogP contribution in [0.3, 0.4) is 0 Å². The molecule has 8 nitrogen and oxygen atoms in total. The van der Waals surface area contributed by atoms with Crippen molar-refractivity contribution in [2.24, 2.45) is 0 Å². The van der Waals surface area contributed by atoms with E-state index in [4.69, 9.17) is 9.47 Å². The van der Waals surface area contributed by atoms with Gasteiger partial charge in [-0.2, -0.15) is 0 Å². The minimum absolute atomic E-state index is 0.0857. The minimum atomic E-state index is -0.626. The summed E-state index contributed by atoms with van der Waals surface area (Å²) in [5.74, 6) is -1.23. The molecule has 2 heterocycles. The van der Waals surface area contributed by atoms with Crippen LogP contribution >= 0.6 is 0 Å². The molecule has 2 N–H and O–H groups in total. The number of hydrogen-bond acceptors (Lipinski definition) is 5. The molecule has 2 aliphatic heterocycles. The van der Waals surface area contributed by atoms with Crippen LogP contribution in [-0.2, 0) is 9.53 Å². The number of hydrogen-bond donors (Lipinski definition) is 2. The van der Waals surface area contributed by atoms with Gasteiger partial charge < -0.3 is 25.0 Å². The lowest BCUT2D eigenvalue weighted by Crippen LogP contribution is -2.53. The molecule has 4 rings (SSSR count). The van der Waals surface area contributed by atoms with Crippen LogP contribution in [0.15, 0.2) is 42.5 Å². The summed E-state index contributed by atoms with van der Waals surface area (Å²) in [6, 6.07) is 10.2. The lowest BCUT2D eigenvalue weighted by Gasteiger charge is -2.42. The fraction of sp³-hybridized carbons (Fsp3) is 0.375. The topological polar surface area (TPSA) is 97.0 Å². The Morgan fingerprint density at radius 1 is 1.18 bits per heavy atom. The minimum Gasteiger partial charge on any atom is -0.490 e. The van der Waals surface area contributed by atoms with E-state index in [0.29, 0.717) is 29.8 Å². The lowest BCUT2D eigenvalue weighted by atomic mass is 9.94. The highest BCUT2D eigenvalue weighted by molar-refractivity contribution is 6.05. The van der Waals surface area contributed by atoms with Crippen LogP contribution in [0.2, 0.25) is 0 Å². The third-order valence-corrected chi connectivity index (χ3v) is 6.08. The number of rotatable bonds is 4. The number of nitrogens with zero attached hydrogens (tertiary/aromatic N) is 1. The number of likely N-dealkylation sites (N-methyl/N-ethyl adjacent to an activating group) is 1. The number of benzene rings is 2. The van der Waals surface area contributed by atoms with Gasteiger partial charge in [0.25, 0.3) is 11.8 Å². The van der Waals surface area contributed by atoms with Gasteiger partial charge in [-0.15, -0.1) is 0 Å². The highest BCUT2D eigenvalue weighted by atomic mass is 19.1. The van der Waals surface area contributed by atoms with Gasteiger partial charge in [0.05, 0.1) is 29.7 Å². The van der Waals surface area contributed by atoms with E-state index in [-0.39, 0.29) is 48.7 Å². The Bertz CT molecular complexity index is 1080. The van der Waals surface area contributed by atoms with Crippen molar-refractivity contribution in [1.82, 2.24) is 10.2 Å². The molecule has 0 unspecified atom stereocenters. The number of fused-ring (bicyclic) bond motifs is 2. The van der Waals surface area contributed by atoms with Gasteiger partial charge in [-0.05, 0) is 43.2 Å². The van der Waals surface area contributed by atoms with Crippen molar-refractivity contribution in [3.05, 3.63) is 59.4 Å². The van der Waals surface area contributed by atoms with Crippen LogP contribution < -0.4 is 15.4 Å². The predicted octanol–water partition coefficient (Wildman–Crippen LogP) is 2.59. The van der Waals surface area contributed by atoms with E-state index in [1.807, 2.05) is 0 Å². The smallest absolute Gasteiger partial charge is 0.258 e. The first-order valence-electron chi connectivity index (χ1n) is 10.8. The summed E-state index contributed by atoms with van der Waals surface area (Å²) in [5.41, 5.74) is 0.572. The summed E-state index contributed by atoms with van der Waals surface area (Å²) in [6.45, 7) is 0.223. The molecule has 1 fully saturated rings. The average Bonchev–Trinajstić information content (AvgIpc) is 2.82. The number of amides is 3. The number of carbonyl (C=O) groups is 3. The summed E-state index contributed by atoms with van der Waals surface area (Å²) < 4.78 is 25.9. The molecule has 2 aromatic carbocycles. The Kier molecular flexibility index (Phi) is 6.60. The molecule has 9 heteroatoms. The number of halogens is 1. The number of carbonyl (C=O) groups excluding carboxylic acids is 3. The second kappa shape index (κ2) is 9.58. The zero-order chi connectivity index (χ0) is 23.5. The molecular weight excluding hydrogens is 429 g/mol. The van der Waals surface area contributed by atoms with E-state index in [1.54, 1.807) is 37.2 Å². The molecule has 2 aliphatic rings. The first-order chi connectivity index (χ1) is 15.9. The van der Waals surface area contributed by atoms with Gasteiger partial charge in [0.1, 0.15) is 24.3 Å². The van der Waals surface area contributed by atoms with Gasteiger partial charge in [0, 0.05) is 19.8 Å². The second-order valence-corrected chi connectivity index (χ2v) is 8.19. The van der Waals surface area contributed by atoms with Crippen LogP contribution in [0.5, 0.6) is 5.75 Å². The van der Waals surface area contributed by atoms with Gasteiger partial charge in [-0.25, -0.2) is 4.39 Å². The van der Waals surface area contributed by atoms with Crippen molar-refractivity contribution in [2.75, 3.05) is 26.0 Å². The molecule has 33 heavy (non-hydrogen) atoms. The van der Waals surface area contributed by atoms with Crippen molar-refractivity contribution in [3.63, 3.8) is 0 Å². The van der Waals surface area contributed by atoms with Gasteiger partial charge in [0.15, 0.2) is 0 Å². The van der Waals surface area contributed by atoms with Crippen molar-refractivity contribution in [2.45, 2.75) is 37.5 Å². The molecule has 2 aromatic rings. The lowest BCUT2D eigenvalue weighted by molar-refractivity contribution is -0.133. The molecule has 3 amide bonds. The van der Waals surface area contributed by atoms with Crippen LogP contribution in [0.4, 0.5) is 10.1 Å². The molecule has 3 atom stereocenters. The van der Waals surface area contributed by atoms with E-state index >= 15 is 0 Å². The fourth-order valence-electron chi connectivity index (χ4n) is 4.26. The molecule has 174 valence electrons. The first-order valence-corrected chi connectivity index (χ1v) is 10.8. The van der Waals surface area contributed by atoms with Crippen LogP contribution in [0.1, 0.15) is 40.0 Å². The Morgan fingerprint density at radius 2 is 1.97 bits per heavy atom. The monoisotopic (exact) mass is 455 g/mol. The number of nitrogens with one attached hydrogen (secondary N) is 2. The Hall–Kier alpha value is -3.46. The van der Waals surface area contributed by atoms with Gasteiger partial charge in [-0.3, -0.25) is 14.4 Å². The van der Waals surface area contributed by atoms with E-state index in [9.17, 15) is 18.8 Å². The largest absolute Gasteiger partial charge is 0.490 e. The van der Waals surface area contributed by atoms with Crippen molar-refractivity contribution in [3.8, 4) is 5.75 Å². The summed E-state index contributed by atoms with van der Waals surface area (Å²) in [5, 5.41) is 5.24. The summed E-state index contributed by atoms with van der Waals surface area (Å²) in [7, 11) is 3.30. The van der Waals surface area contributed by atoms with E-state index in [0.717, 1.165) is 0 Å². The van der Waals surface area contributed by atoms with Gasteiger partial charge in [0.2, 0.25) is 5.91 Å². The summed E-state index contributed by atoms with van der Waals surface area (Å²) in [4.78, 5) is 39.1. The highest BCUT2D eigenvalue weighted by Gasteiger charge is 2.39. The molecule has 0 radical (unpaired) electrons. The maximum atomic E-state index is 13.9. The quantitative estimate of drug-likeness (QED) is 0.739. The Labute approximate surface area is 191 Å². The average molecular weight is 455 g/mol. The molecule has 0 bridgehead atoms. The molecule has 0 aliphatic carbocycles.